The van der Waals surface area contributed by atoms with E-state index in [0.717, 1.165) is 14.7 Å². The molecule has 0 radical (unpaired) electrons. The van der Waals surface area contributed by atoms with Crippen molar-refractivity contribution in [3.05, 3.63) is 32.9 Å². The van der Waals surface area contributed by atoms with E-state index in [4.69, 9.17) is 0 Å². The molecule has 0 spiro atoms. The molecule has 0 unspecified atom stereocenters. The highest BCUT2D eigenvalue weighted by Gasteiger charge is 2.08. The Morgan fingerprint density at radius 3 is 2.83 bits per heavy atom. The molecule has 0 atom stereocenters. The lowest BCUT2D eigenvalue weighted by Crippen LogP contribution is -2.03. The average molecular weight is 339 g/mol. The molecule has 3 heteroatoms. The lowest BCUT2D eigenvalue weighted by molar-refractivity contribution is 0.102. The van der Waals surface area contributed by atoms with Crippen molar-refractivity contribution in [1.29, 1.82) is 0 Å². The summed E-state index contributed by atoms with van der Waals surface area (Å²) in [4.78, 5) is 11.3. The summed E-state index contributed by atoms with van der Waals surface area (Å²) in [6, 6.07) is 5.78. The van der Waals surface area contributed by atoms with Crippen molar-refractivity contribution in [2.45, 2.75) is 6.92 Å². The second-order valence-electron chi connectivity index (χ2n) is 2.49. The van der Waals surface area contributed by atoms with Gasteiger partial charge in [0.1, 0.15) is 0 Å². The zero-order chi connectivity index (χ0) is 9.14. The van der Waals surface area contributed by atoms with Gasteiger partial charge in [-0.3, -0.25) is 4.79 Å². The van der Waals surface area contributed by atoms with E-state index in [0.29, 0.717) is 5.33 Å². The van der Waals surface area contributed by atoms with Crippen LogP contribution in [-0.4, -0.2) is 11.1 Å². The van der Waals surface area contributed by atoms with Crippen molar-refractivity contribution in [1.82, 2.24) is 0 Å². The summed E-state index contributed by atoms with van der Waals surface area (Å²) in [6.07, 6.45) is 0. The number of Topliss-reactive ketones (excluding diaryl/α,β-unsaturated/α-hetero) is 1. The van der Waals surface area contributed by atoms with Crippen LogP contribution in [0.15, 0.2) is 18.2 Å². The molecule has 0 aliphatic heterocycles. The Balaban J connectivity index is 3.16. The molecule has 64 valence electrons. The predicted octanol–water partition coefficient (Wildman–Crippen LogP) is 3.18. The average Bonchev–Trinajstić information content (AvgIpc) is 2.08. The maximum absolute atomic E-state index is 11.3. The third kappa shape index (κ3) is 2.07. The molecule has 0 aliphatic carbocycles. The molecule has 0 aromatic heterocycles. The van der Waals surface area contributed by atoms with E-state index in [-0.39, 0.29) is 5.78 Å². The fourth-order valence-electron chi connectivity index (χ4n) is 0.935. The summed E-state index contributed by atoms with van der Waals surface area (Å²) >= 11 is 5.36. The first kappa shape index (κ1) is 10.2. The maximum Gasteiger partial charge on any atom is 0.174 e. The predicted molar refractivity (Wildman–Crippen MR) is 62.0 cm³/mol. The summed E-state index contributed by atoms with van der Waals surface area (Å²) in [5, 5.41) is 0.395. The van der Waals surface area contributed by atoms with Crippen molar-refractivity contribution >= 4 is 44.3 Å². The maximum atomic E-state index is 11.3. The molecule has 1 aromatic carbocycles. The van der Waals surface area contributed by atoms with Crippen molar-refractivity contribution in [3.63, 3.8) is 0 Å². The van der Waals surface area contributed by atoms with Gasteiger partial charge in [-0.05, 0) is 35.1 Å². The van der Waals surface area contributed by atoms with Gasteiger partial charge in [-0.2, -0.15) is 0 Å². The third-order valence-corrected chi connectivity index (χ3v) is 3.55. The molecule has 12 heavy (non-hydrogen) atoms. The first-order valence-electron chi connectivity index (χ1n) is 3.51. The zero-order valence-electron chi connectivity index (χ0n) is 6.60. The van der Waals surface area contributed by atoms with Crippen molar-refractivity contribution in [3.8, 4) is 0 Å². The summed E-state index contributed by atoms with van der Waals surface area (Å²) in [5.41, 5.74) is 1.97. The fraction of sp³-hybridized carbons (Fsp3) is 0.222. The topological polar surface area (TPSA) is 17.1 Å². The number of rotatable bonds is 2. The van der Waals surface area contributed by atoms with Crippen molar-refractivity contribution in [2.24, 2.45) is 0 Å². The number of halogens is 2. The van der Waals surface area contributed by atoms with E-state index in [1.165, 1.54) is 0 Å². The van der Waals surface area contributed by atoms with E-state index in [1.807, 2.05) is 25.1 Å². The number of carbonyl (C=O) groups is 1. The first-order chi connectivity index (χ1) is 5.66. The quantitative estimate of drug-likeness (QED) is 0.460. The van der Waals surface area contributed by atoms with Gasteiger partial charge in [-0.1, -0.05) is 34.1 Å². The van der Waals surface area contributed by atoms with Gasteiger partial charge in [0, 0.05) is 9.13 Å². The van der Waals surface area contributed by atoms with E-state index < -0.39 is 0 Å². The fourth-order valence-corrected chi connectivity index (χ4v) is 1.90. The molecule has 0 fully saturated rings. The van der Waals surface area contributed by atoms with Crippen LogP contribution in [-0.2, 0) is 0 Å². The van der Waals surface area contributed by atoms with E-state index in [9.17, 15) is 4.79 Å². The highest BCUT2D eigenvalue weighted by molar-refractivity contribution is 14.1. The van der Waals surface area contributed by atoms with Crippen LogP contribution in [0.2, 0.25) is 0 Å². The standard InChI is InChI=1S/C9H8BrIO/c1-6-3-2-4-7(9(6)11)8(12)5-10/h2-4H,5H2,1H3. The van der Waals surface area contributed by atoms with Gasteiger partial charge < -0.3 is 0 Å². The number of benzene rings is 1. The monoisotopic (exact) mass is 338 g/mol. The summed E-state index contributed by atoms with van der Waals surface area (Å²) in [6.45, 7) is 2.01. The van der Waals surface area contributed by atoms with Gasteiger partial charge in [0.15, 0.2) is 5.78 Å². The highest BCUT2D eigenvalue weighted by atomic mass is 127. The molecular weight excluding hydrogens is 331 g/mol. The van der Waals surface area contributed by atoms with Gasteiger partial charge in [-0.15, -0.1) is 0 Å². The molecule has 1 rings (SSSR count). The molecular formula is C9H8BrIO. The van der Waals surface area contributed by atoms with Crippen LogP contribution in [0.5, 0.6) is 0 Å². The molecule has 0 N–H and O–H groups in total. The normalized spacial score (nSPS) is 9.92. The van der Waals surface area contributed by atoms with Gasteiger partial charge in [0.25, 0.3) is 0 Å². The minimum absolute atomic E-state index is 0.142. The SMILES string of the molecule is Cc1cccc(C(=O)CBr)c1I. The van der Waals surface area contributed by atoms with Gasteiger partial charge in [0.05, 0.1) is 5.33 Å². The van der Waals surface area contributed by atoms with Crippen LogP contribution in [0.1, 0.15) is 15.9 Å². The van der Waals surface area contributed by atoms with Crippen LogP contribution < -0.4 is 0 Å². The third-order valence-electron chi connectivity index (χ3n) is 1.61. The van der Waals surface area contributed by atoms with Crippen LogP contribution in [0, 0.1) is 10.5 Å². The van der Waals surface area contributed by atoms with Gasteiger partial charge in [0.2, 0.25) is 0 Å². The number of hydrogen-bond acceptors (Lipinski definition) is 1. The molecule has 1 nitrogen and oxygen atoms in total. The zero-order valence-corrected chi connectivity index (χ0v) is 10.3. The largest absolute Gasteiger partial charge is 0.293 e. The van der Waals surface area contributed by atoms with Gasteiger partial charge >= 0.3 is 0 Å². The Bertz CT molecular complexity index is 309. The smallest absolute Gasteiger partial charge is 0.174 e. The second-order valence-corrected chi connectivity index (χ2v) is 4.13. The number of carbonyl (C=O) groups excluding carboxylic acids is 1. The Kier molecular flexibility index (Phi) is 3.71. The lowest BCUT2D eigenvalue weighted by Gasteiger charge is -2.03. The van der Waals surface area contributed by atoms with Crippen molar-refractivity contribution in [2.75, 3.05) is 5.33 Å². The molecule has 0 saturated carbocycles. The van der Waals surface area contributed by atoms with Gasteiger partial charge in [-0.25, -0.2) is 0 Å². The Morgan fingerprint density at radius 2 is 2.25 bits per heavy atom. The molecule has 0 aliphatic rings. The second kappa shape index (κ2) is 4.37. The lowest BCUT2D eigenvalue weighted by atomic mass is 10.1. The van der Waals surface area contributed by atoms with Crippen molar-refractivity contribution < 1.29 is 4.79 Å². The van der Waals surface area contributed by atoms with Crippen LogP contribution in [0.3, 0.4) is 0 Å². The van der Waals surface area contributed by atoms with E-state index >= 15 is 0 Å². The van der Waals surface area contributed by atoms with E-state index in [1.54, 1.807) is 0 Å². The molecule has 1 aromatic rings. The summed E-state index contributed by atoms with van der Waals surface area (Å²) in [5.74, 6) is 0.142. The Morgan fingerprint density at radius 1 is 1.58 bits per heavy atom. The van der Waals surface area contributed by atoms with Crippen LogP contribution >= 0.6 is 38.5 Å². The van der Waals surface area contributed by atoms with Crippen LogP contribution in [0.4, 0.5) is 0 Å². The number of ketones is 1. The number of alkyl halides is 1. The minimum atomic E-state index is 0.142. The summed E-state index contributed by atoms with van der Waals surface area (Å²) in [7, 11) is 0. The van der Waals surface area contributed by atoms with E-state index in [2.05, 4.69) is 38.5 Å². The summed E-state index contributed by atoms with van der Waals surface area (Å²) < 4.78 is 1.06. The molecule has 0 amide bonds. The number of aryl methyl sites for hydroxylation is 1. The molecule has 0 saturated heterocycles. The first-order valence-corrected chi connectivity index (χ1v) is 5.71. The molecule has 0 heterocycles. The highest BCUT2D eigenvalue weighted by Crippen LogP contribution is 2.17. The van der Waals surface area contributed by atoms with Crippen LogP contribution in [0.25, 0.3) is 0 Å². The number of hydrogen-bond donors (Lipinski definition) is 0. The minimum Gasteiger partial charge on any atom is -0.293 e. The Labute approximate surface area is 93.8 Å². The Hall–Kier alpha value is 0.100. The molecule has 0 bridgehead atoms.